The third-order valence-electron chi connectivity index (χ3n) is 5.73. The number of alkyl halides is 1. The van der Waals surface area contributed by atoms with Crippen molar-refractivity contribution in [3.63, 3.8) is 0 Å². The number of nitro benzene ring substituents is 1. The van der Waals surface area contributed by atoms with Gasteiger partial charge in [0.15, 0.2) is 0 Å². The van der Waals surface area contributed by atoms with Crippen molar-refractivity contribution in [1.29, 1.82) is 0 Å². The highest BCUT2D eigenvalue weighted by Crippen LogP contribution is 2.40. The molecule has 4 rings (SSSR count). The van der Waals surface area contributed by atoms with Crippen LogP contribution in [0.15, 0.2) is 30.3 Å². The van der Waals surface area contributed by atoms with Crippen LogP contribution in [0.4, 0.5) is 28.4 Å². The van der Waals surface area contributed by atoms with Gasteiger partial charge in [0, 0.05) is 47.9 Å². The lowest BCUT2D eigenvalue weighted by atomic mass is 10.0. The molecule has 0 atom stereocenters. The summed E-state index contributed by atoms with van der Waals surface area (Å²) in [5, 5.41) is 15.3. The number of carbonyl (C=O) groups excluding carboxylic acids is 1. The number of aryl methyl sites for hydroxylation is 1. The maximum Gasteiger partial charge on any atom is 0.294 e. The number of rotatable bonds is 4. The van der Waals surface area contributed by atoms with E-state index in [1.54, 1.807) is 18.0 Å². The number of amides is 1. The number of nitrogens with zero attached hydrogens (tertiary/aromatic N) is 3. The van der Waals surface area contributed by atoms with Gasteiger partial charge in [0.25, 0.3) is 5.69 Å². The second-order valence-corrected chi connectivity index (χ2v) is 9.83. The Morgan fingerprint density at radius 3 is 2.60 bits per heavy atom. The van der Waals surface area contributed by atoms with Crippen LogP contribution in [0.25, 0.3) is 0 Å². The molecule has 2 aliphatic heterocycles. The molecule has 0 aliphatic carbocycles. The Hall–Kier alpha value is -2.07. The highest BCUT2D eigenvalue weighted by atomic mass is 127. The van der Waals surface area contributed by atoms with Gasteiger partial charge in [-0.15, -0.1) is 0 Å². The minimum Gasteiger partial charge on any atom is -0.366 e. The van der Waals surface area contributed by atoms with E-state index < -0.39 is 0 Å². The molecule has 0 aromatic heterocycles. The van der Waals surface area contributed by atoms with Crippen LogP contribution in [0.1, 0.15) is 24.8 Å². The molecule has 0 unspecified atom stereocenters. The van der Waals surface area contributed by atoms with Gasteiger partial charge in [-0.2, -0.15) is 0 Å². The molecule has 2 aromatic rings. The fraction of sp³-hybridized carbons (Fsp3) is 0.381. The van der Waals surface area contributed by atoms with Gasteiger partial charge in [-0.3, -0.25) is 14.9 Å². The van der Waals surface area contributed by atoms with E-state index in [0.717, 1.165) is 42.9 Å². The molecule has 1 N–H and O–H groups in total. The average Bonchev–Trinajstić information content (AvgIpc) is 2.72. The Balaban J connectivity index is 1.65. The van der Waals surface area contributed by atoms with Crippen molar-refractivity contribution in [2.45, 2.75) is 29.6 Å². The van der Waals surface area contributed by atoms with Crippen LogP contribution in [0.3, 0.4) is 0 Å². The summed E-state index contributed by atoms with van der Waals surface area (Å²) in [6.45, 7) is 1.57. The molecule has 1 amide bonds. The van der Waals surface area contributed by atoms with E-state index in [-0.39, 0.29) is 16.5 Å². The summed E-state index contributed by atoms with van der Waals surface area (Å²) in [6, 6.07) is 9.04. The van der Waals surface area contributed by atoms with Crippen molar-refractivity contribution in [3.8, 4) is 0 Å². The maximum atomic E-state index is 11.9. The molecular formula is C21H22ClIN4O3. The second-order valence-electron chi connectivity index (χ2n) is 7.66. The molecular weight excluding hydrogens is 519 g/mol. The number of carbonyl (C=O) groups is 1. The number of benzene rings is 2. The lowest BCUT2D eigenvalue weighted by Gasteiger charge is -2.31. The fourth-order valence-electron chi connectivity index (χ4n) is 4.03. The van der Waals surface area contributed by atoms with Gasteiger partial charge >= 0.3 is 0 Å². The second kappa shape index (κ2) is 8.58. The molecule has 0 saturated carbocycles. The quantitative estimate of drug-likeness (QED) is 0.246. The van der Waals surface area contributed by atoms with Crippen LogP contribution in [0.2, 0.25) is 5.02 Å². The Bertz CT molecular complexity index is 1010. The van der Waals surface area contributed by atoms with Crippen molar-refractivity contribution in [1.82, 2.24) is 0 Å². The monoisotopic (exact) mass is 540 g/mol. The zero-order valence-corrected chi connectivity index (χ0v) is 19.4. The summed E-state index contributed by atoms with van der Waals surface area (Å²) in [6.07, 6.45) is 3.18. The summed E-state index contributed by atoms with van der Waals surface area (Å²) in [7, 11) is 1.78. The Labute approximate surface area is 193 Å². The number of nitro groups is 1. The smallest absolute Gasteiger partial charge is 0.294 e. The van der Waals surface area contributed by atoms with E-state index in [2.05, 4.69) is 32.8 Å². The number of hydrogen-bond acceptors (Lipinski definition) is 5. The first-order chi connectivity index (χ1) is 14.3. The molecule has 9 heteroatoms. The third kappa shape index (κ3) is 4.20. The van der Waals surface area contributed by atoms with Crippen molar-refractivity contribution in [3.05, 3.63) is 51.0 Å². The number of nitrogens with one attached hydrogen (secondary N) is 1. The fourth-order valence-corrected chi connectivity index (χ4v) is 4.79. The van der Waals surface area contributed by atoms with Gasteiger partial charge < -0.3 is 15.1 Å². The minimum atomic E-state index is -0.368. The zero-order valence-electron chi connectivity index (χ0n) is 16.5. The first-order valence-corrected chi connectivity index (χ1v) is 11.5. The molecule has 158 valence electrons. The van der Waals surface area contributed by atoms with Gasteiger partial charge in [-0.1, -0.05) is 34.2 Å². The van der Waals surface area contributed by atoms with Crippen LogP contribution >= 0.6 is 34.2 Å². The zero-order chi connectivity index (χ0) is 21.4. The molecule has 0 radical (unpaired) electrons. The summed E-state index contributed by atoms with van der Waals surface area (Å²) in [4.78, 5) is 26.9. The SMILES string of the molecule is CN1C(=O)CCc2cc(Nc3cc(N4CCC(I)CC4)c([N+](=O)[O-])cc3Cl)ccc21. The molecule has 7 nitrogen and oxygen atoms in total. The van der Waals surface area contributed by atoms with Crippen molar-refractivity contribution < 1.29 is 9.72 Å². The summed E-state index contributed by atoms with van der Waals surface area (Å²) < 4.78 is 0.600. The topological polar surface area (TPSA) is 78.7 Å². The molecule has 2 aliphatic rings. The number of fused-ring (bicyclic) bond motifs is 1. The minimum absolute atomic E-state index is 0.0306. The van der Waals surface area contributed by atoms with Crippen LogP contribution in [-0.4, -0.2) is 34.9 Å². The summed E-state index contributed by atoms with van der Waals surface area (Å²) in [5.74, 6) is 0.113. The van der Waals surface area contributed by atoms with Crippen molar-refractivity contribution in [2.24, 2.45) is 0 Å². The van der Waals surface area contributed by atoms with Crippen LogP contribution in [0.5, 0.6) is 0 Å². The normalized spacial score (nSPS) is 17.1. The number of hydrogen-bond donors (Lipinski definition) is 1. The van der Waals surface area contributed by atoms with Crippen LogP contribution < -0.4 is 15.1 Å². The Morgan fingerprint density at radius 2 is 1.90 bits per heavy atom. The standard InChI is InChI=1S/C21H22ClIN4O3/c1-25-18-4-3-15(10-13(18)2-5-21(25)28)24-17-12-19(20(27(29)30)11-16(17)22)26-8-6-14(23)7-9-26/h3-4,10-12,14,24H,2,5-9H2,1H3. The first-order valence-electron chi connectivity index (χ1n) is 9.87. The van der Waals surface area contributed by atoms with E-state index in [4.69, 9.17) is 11.6 Å². The summed E-state index contributed by atoms with van der Waals surface area (Å²) in [5.41, 5.74) is 4.10. The van der Waals surface area contributed by atoms with Crippen molar-refractivity contribution in [2.75, 3.05) is 35.3 Å². The Morgan fingerprint density at radius 1 is 1.17 bits per heavy atom. The largest absolute Gasteiger partial charge is 0.366 e. The van der Waals surface area contributed by atoms with Gasteiger partial charge in [-0.25, -0.2) is 0 Å². The lowest BCUT2D eigenvalue weighted by molar-refractivity contribution is -0.384. The third-order valence-corrected chi connectivity index (χ3v) is 7.29. The predicted octanol–water partition coefficient (Wildman–Crippen LogP) is 5.30. The molecule has 1 fully saturated rings. The van der Waals surface area contributed by atoms with Gasteiger partial charge in [0.2, 0.25) is 5.91 Å². The molecule has 1 saturated heterocycles. The van der Waals surface area contributed by atoms with E-state index in [1.807, 2.05) is 18.2 Å². The van der Waals surface area contributed by atoms with E-state index in [9.17, 15) is 14.9 Å². The highest BCUT2D eigenvalue weighted by Gasteiger charge is 2.26. The molecule has 2 heterocycles. The molecule has 30 heavy (non-hydrogen) atoms. The average molecular weight is 541 g/mol. The number of anilines is 4. The van der Waals surface area contributed by atoms with Crippen LogP contribution in [-0.2, 0) is 11.2 Å². The predicted molar refractivity (Wildman–Crippen MR) is 129 cm³/mol. The van der Waals surface area contributed by atoms with Gasteiger partial charge in [0.05, 0.1) is 15.6 Å². The molecule has 0 spiro atoms. The molecule has 2 aromatic carbocycles. The van der Waals surface area contributed by atoms with E-state index in [1.165, 1.54) is 6.07 Å². The first kappa shape index (κ1) is 21.2. The maximum absolute atomic E-state index is 11.9. The van der Waals surface area contributed by atoms with Crippen molar-refractivity contribution >= 4 is 68.5 Å². The number of piperidine rings is 1. The molecule has 0 bridgehead atoms. The Kier molecular flexibility index (Phi) is 6.06. The van der Waals surface area contributed by atoms with Gasteiger partial charge in [-0.05, 0) is 49.1 Å². The van der Waals surface area contributed by atoms with Gasteiger partial charge in [0.1, 0.15) is 5.69 Å². The lowest BCUT2D eigenvalue weighted by Crippen LogP contribution is -2.34. The van der Waals surface area contributed by atoms with Crippen LogP contribution in [0, 0.1) is 10.1 Å². The highest BCUT2D eigenvalue weighted by molar-refractivity contribution is 14.1. The van der Waals surface area contributed by atoms with E-state index in [0.29, 0.717) is 33.2 Å². The summed E-state index contributed by atoms with van der Waals surface area (Å²) >= 11 is 8.84. The number of halogens is 2. The van der Waals surface area contributed by atoms with E-state index >= 15 is 0 Å².